The van der Waals surface area contributed by atoms with Gasteiger partial charge < -0.3 is 33.8 Å². The molecular formula is C73H142O17P2. The van der Waals surface area contributed by atoms with Crippen LogP contribution in [0.3, 0.4) is 0 Å². The van der Waals surface area contributed by atoms with Crippen LogP contribution in [0, 0.1) is 17.8 Å². The van der Waals surface area contributed by atoms with Crippen LogP contribution in [0.5, 0.6) is 0 Å². The zero-order chi connectivity index (χ0) is 68.0. The first-order valence-electron chi connectivity index (χ1n) is 37.9. The van der Waals surface area contributed by atoms with E-state index in [0.717, 1.165) is 114 Å². The summed E-state index contributed by atoms with van der Waals surface area (Å²) < 4.78 is 68.4. The minimum absolute atomic E-state index is 0.105. The number of hydrogen-bond donors (Lipinski definition) is 3. The van der Waals surface area contributed by atoms with Gasteiger partial charge in [0.05, 0.1) is 26.4 Å². The Bertz CT molecular complexity index is 1800. The normalized spacial score (nSPS) is 14.4. The number of esters is 4. The summed E-state index contributed by atoms with van der Waals surface area (Å²) in [5, 5.41) is 10.6. The van der Waals surface area contributed by atoms with Crippen LogP contribution in [0.25, 0.3) is 0 Å². The van der Waals surface area contributed by atoms with Crippen molar-refractivity contribution in [3.8, 4) is 0 Å². The van der Waals surface area contributed by atoms with Gasteiger partial charge in [0.15, 0.2) is 12.2 Å². The van der Waals surface area contributed by atoms with Crippen LogP contribution in [0.1, 0.15) is 370 Å². The van der Waals surface area contributed by atoms with Gasteiger partial charge in [0.25, 0.3) is 0 Å². The Kier molecular flexibility index (Phi) is 62.4. The van der Waals surface area contributed by atoms with E-state index in [1.54, 1.807) is 0 Å². The smallest absolute Gasteiger partial charge is 0.462 e. The van der Waals surface area contributed by atoms with E-state index in [9.17, 15) is 43.2 Å². The zero-order valence-electron chi connectivity index (χ0n) is 60.0. The van der Waals surface area contributed by atoms with E-state index in [2.05, 4.69) is 48.5 Å². The number of carbonyl (C=O) groups excluding carboxylic acids is 4. The predicted octanol–water partition coefficient (Wildman–Crippen LogP) is 21.0. The minimum Gasteiger partial charge on any atom is -0.462 e. The maximum absolute atomic E-state index is 13.1. The summed E-state index contributed by atoms with van der Waals surface area (Å²) in [6, 6.07) is 0. The number of rotatable bonds is 71. The number of aliphatic hydroxyl groups is 1. The minimum atomic E-state index is -4.95. The van der Waals surface area contributed by atoms with E-state index >= 15 is 0 Å². The fraction of sp³-hybridized carbons (Fsp3) is 0.945. The molecule has 0 fully saturated rings. The summed E-state index contributed by atoms with van der Waals surface area (Å²) in [6.07, 6.45) is 48.5. The predicted molar refractivity (Wildman–Crippen MR) is 372 cm³/mol. The van der Waals surface area contributed by atoms with Crippen LogP contribution in [0.15, 0.2) is 0 Å². The molecule has 0 saturated heterocycles. The molecular weight excluding hydrogens is 1210 g/mol. The highest BCUT2D eigenvalue weighted by Gasteiger charge is 2.30. The summed E-state index contributed by atoms with van der Waals surface area (Å²) in [5.74, 6) is 0.119. The second kappa shape index (κ2) is 63.8. The largest absolute Gasteiger partial charge is 0.472 e. The van der Waals surface area contributed by atoms with Gasteiger partial charge in [-0.3, -0.25) is 37.3 Å². The van der Waals surface area contributed by atoms with E-state index in [0.29, 0.717) is 25.7 Å². The number of aliphatic hydroxyl groups excluding tert-OH is 1. The van der Waals surface area contributed by atoms with Gasteiger partial charge in [-0.15, -0.1) is 0 Å². The Labute approximate surface area is 562 Å². The molecule has 0 rings (SSSR count). The lowest BCUT2D eigenvalue weighted by Gasteiger charge is -2.21. The average molecular weight is 1350 g/mol. The molecule has 3 N–H and O–H groups in total. The molecule has 0 aromatic rings. The molecule has 0 aromatic heterocycles. The van der Waals surface area contributed by atoms with Crippen LogP contribution >= 0.6 is 15.6 Å². The summed E-state index contributed by atoms with van der Waals surface area (Å²) in [5.41, 5.74) is 0. The summed E-state index contributed by atoms with van der Waals surface area (Å²) in [6.45, 7) is 11.8. The number of phosphoric ester groups is 2. The van der Waals surface area contributed by atoms with Crippen molar-refractivity contribution in [2.45, 2.75) is 388 Å². The Balaban J connectivity index is 5.26. The molecule has 19 heteroatoms. The lowest BCUT2D eigenvalue weighted by molar-refractivity contribution is -0.161. The third-order valence-electron chi connectivity index (χ3n) is 17.2. The average Bonchev–Trinajstić information content (AvgIpc) is 3.30. The fourth-order valence-electron chi connectivity index (χ4n) is 11.0. The molecule has 17 nitrogen and oxygen atoms in total. The third-order valence-corrected chi connectivity index (χ3v) is 19.1. The van der Waals surface area contributed by atoms with E-state index in [1.807, 2.05) is 0 Å². The molecule has 0 radical (unpaired) electrons. The Hall–Kier alpha value is -1.94. The highest BCUT2D eigenvalue weighted by Crippen LogP contribution is 2.45. The molecule has 546 valence electrons. The van der Waals surface area contributed by atoms with E-state index in [4.69, 9.17) is 37.0 Å². The lowest BCUT2D eigenvalue weighted by Crippen LogP contribution is -2.30. The molecule has 0 bridgehead atoms. The molecule has 0 saturated carbocycles. The lowest BCUT2D eigenvalue weighted by atomic mass is 10.00. The van der Waals surface area contributed by atoms with Gasteiger partial charge in [-0.05, 0) is 43.4 Å². The first-order valence-corrected chi connectivity index (χ1v) is 40.9. The van der Waals surface area contributed by atoms with Crippen LogP contribution < -0.4 is 0 Å². The second-order valence-electron chi connectivity index (χ2n) is 27.5. The van der Waals surface area contributed by atoms with Crippen LogP contribution in [0.2, 0.25) is 0 Å². The monoisotopic (exact) mass is 1350 g/mol. The Morgan fingerprint density at radius 2 is 0.554 bits per heavy atom. The molecule has 0 aliphatic carbocycles. The zero-order valence-corrected chi connectivity index (χ0v) is 61.8. The van der Waals surface area contributed by atoms with Crippen molar-refractivity contribution in [2.75, 3.05) is 39.6 Å². The van der Waals surface area contributed by atoms with Crippen LogP contribution in [0.4, 0.5) is 0 Å². The van der Waals surface area contributed by atoms with Gasteiger partial charge in [-0.2, -0.15) is 0 Å². The topological polar surface area (TPSA) is 237 Å². The molecule has 0 heterocycles. The van der Waals surface area contributed by atoms with Gasteiger partial charge in [-0.25, -0.2) is 9.13 Å². The Morgan fingerprint density at radius 3 is 0.826 bits per heavy atom. The van der Waals surface area contributed by atoms with E-state index in [-0.39, 0.29) is 25.7 Å². The van der Waals surface area contributed by atoms with Crippen molar-refractivity contribution in [1.29, 1.82) is 0 Å². The standard InChI is InChI=1S/C73H142O17P2/c1-8-10-11-12-13-14-15-16-17-18-19-20-28-33-42-49-56-72(77)89-68(60-83-70(75)54-47-40-32-27-23-21-25-30-37-44-51-64(3)4)62-87-91(79,80)85-58-67(74)59-86-92(81,82)88-63-69(61-84-71(76)55-48-41-36-35-39-46-53-66(7)9-2)90-73(78)57-50-43-34-29-24-22-26-31-38-45-52-65(5)6/h64-69,74H,8-63H2,1-7H3,(H,79,80)(H,81,82)/t66?,67-,68-,69-/m1/s1. The first kappa shape index (κ1) is 90.1. The van der Waals surface area contributed by atoms with Gasteiger partial charge in [0.1, 0.15) is 19.3 Å². The van der Waals surface area contributed by atoms with Crippen LogP contribution in [-0.2, 0) is 65.4 Å². The number of phosphoric acid groups is 2. The van der Waals surface area contributed by atoms with Gasteiger partial charge in [-0.1, -0.05) is 318 Å². The van der Waals surface area contributed by atoms with E-state index < -0.39 is 97.5 Å². The summed E-state index contributed by atoms with van der Waals surface area (Å²) in [7, 11) is -9.91. The molecule has 92 heavy (non-hydrogen) atoms. The summed E-state index contributed by atoms with van der Waals surface area (Å²) >= 11 is 0. The number of carbonyl (C=O) groups is 4. The number of ether oxygens (including phenoxy) is 4. The van der Waals surface area contributed by atoms with Crippen molar-refractivity contribution >= 4 is 39.5 Å². The molecule has 0 amide bonds. The molecule has 0 aromatic carbocycles. The highest BCUT2D eigenvalue weighted by molar-refractivity contribution is 7.47. The SMILES string of the molecule is CCCCCCCCCCCCCCCCCCC(=O)O[C@H](COC(=O)CCCCCCCCCCCCC(C)C)COP(=O)(O)OC[C@@H](O)COP(=O)(O)OC[C@@H](COC(=O)CCCCCCCCC(C)CC)OC(=O)CCCCCCCCCCCCC(C)C. The number of hydrogen-bond acceptors (Lipinski definition) is 15. The van der Waals surface area contributed by atoms with Crippen molar-refractivity contribution < 1.29 is 80.2 Å². The van der Waals surface area contributed by atoms with Crippen molar-refractivity contribution in [1.82, 2.24) is 0 Å². The van der Waals surface area contributed by atoms with Gasteiger partial charge in [0.2, 0.25) is 0 Å². The van der Waals surface area contributed by atoms with Gasteiger partial charge >= 0.3 is 39.5 Å². The van der Waals surface area contributed by atoms with Crippen molar-refractivity contribution in [2.24, 2.45) is 17.8 Å². The second-order valence-corrected chi connectivity index (χ2v) is 30.4. The molecule has 0 aliphatic rings. The van der Waals surface area contributed by atoms with Crippen molar-refractivity contribution in [3.05, 3.63) is 0 Å². The molecule has 0 aliphatic heterocycles. The summed E-state index contributed by atoms with van der Waals surface area (Å²) in [4.78, 5) is 72.7. The molecule has 6 atom stereocenters. The van der Waals surface area contributed by atoms with Crippen LogP contribution in [-0.4, -0.2) is 96.7 Å². The maximum atomic E-state index is 13.1. The maximum Gasteiger partial charge on any atom is 0.472 e. The van der Waals surface area contributed by atoms with Crippen molar-refractivity contribution in [3.63, 3.8) is 0 Å². The fourth-order valence-corrected chi connectivity index (χ4v) is 12.6. The Morgan fingerprint density at radius 1 is 0.315 bits per heavy atom. The molecule has 3 unspecified atom stereocenters. The van der Waals surface area contributed by atoms with E-state index in [1.165, 1.54) is 173 Å². The third kappa shape index (κ3) is 65.4. The first-order chi connectivity index (χ1) is 44.3. The number of unbranched alkanes of at least 4 members (excludes halogenated alkanes) is 38. The van der Waals surface area contributed by atoms with Gasteiger partial charge in [0, 0.05) is 25.7 Å². The molecule has 0 spiro atoms. The quantitative estimate of drug-likeness (QED) is 0.0222. The highest BCUT2D eigenvalue weighted by atomic mass is 31.2.